The summed E-state index contributed by atoms with van der Waals surface area (Å²) < 4.78 is 1.48. The van der Waals surface area contributed by atoms with E-state index in [0.29, 0.717) is 5.41 Å². The standard InChI is InChI=1S/C18H19NS/c1-12-6-7-18-8-9-19(16(18)10-12)11-14-13-4-2-3-5-15(13)20-17(14)18/h2-7,12,16H,8-11H2,1H3/t12-,16+,18-/m1/s1. The number of hydrogen-bond donors (Lipinski definition) is 0. The number of hydrogen-bond acceptors (Lipinski definition) is 2. The van der Waals surface area contributed by atoms with Crippen molar-refractivity contribution in [3.8, 4) is 0 Å². The quantitative estimate of drug-likeness (QED) is 0.650. The summed E-state index contributed by atoms with van der Waals surface area (Å²) in [6, 6.07) is 9.73. The van der Waals surface area contributed by atoms with E-state index < -0.39 is 0 Å². The lowest BCUT2D eigenvalue weighted by atomic mass is 9.69. The van der Waals surface area contributed by atoms with Gasteiger partial charge in [-0.1, -0.05) is 37.3 Å². The third kappa shape index (κ3) is 1.27. The number of benzene rings is 1. The van der Waals surface area contributed by atoms with Crippen LogP contribution in [0.15, 0.2) is 36.4 Å². The molecular formula is C18H19NS. The molecule has 20 heavy (non-hydrogen) atoms. The predicted octanol–water partition coefficient (Wildman–Crippen LogP) is 4.32. The van der Waals surface area contributed by atoms with Crippen molar-refractivity contribution in [3.63, 3.8) is 0 Å². The molecule has 1 aromatic heterocycles. The lowest BCUT2D eigenvalue weighted by Crippen LogP contribution is -2.47. The summed E-state index contributed by atoms with van der Waals surface area (Å²) in [7, 11) is 0. The van der Waals surface area contributed by atoms with Crippen LogP contribution >= 0.6 is 11.3 Å². The van der Waals surface area contributed by atoms with Gasteiger partial charge in [-0.25, -0.2) is 0 Å². The summed E-state index contributed by atoms with van der Waals surface area (Å²) in [6.07, 6.45) is 7.70. The second-order valence-electron chi connectivity index (χ2n) is 6.75. The molecule has 1 fully saturated rings. The van der Waals surface area contributed by atoms with Crippen LogP contribution in [-0.2, 0) is 12.0 Å². The smallest absolute Gasteiger partial charge is 0.0398 e. The zero-order valence-electron chi connectivity index (χ0n) is 11.8. The van der Waals surface area contributed by atoms with Gasteiger partial charge in [0.1, 0.15) is 0 Å². The van der Waals surface area contributed by atoms with Crippen LogP contribution in [-0.4, -0.2) is 17.5 Å². The van der Waals surface area contributed by atoms with E-state index in [4.69, 9.17) is 0 Å². The van der Waals surface area contributed by atoms with E-state index >= 15 is 0 Å². The maximum Gasteiger partial charge on any atom is 0.0398 e. The molecule has 0 N–H and O–H groups in total. The van der Waals surface area contributed by atoms with Crippen molar-refractivity contribution in [2.75, 3.05) is 6.54 Å². The molecule has 5 rings (SSSR count). The van der Waals surface area contributed by atoms with Crippen LogP contribution in [0, 0.1) is 5.92 Å². The zero-order chi connectivity index (χ0) is 13.3. The highest BCUT2D eigenvalue weighted by Crippen LogP contribution is 2.55. The van der Waals surface area contributed by atoms with Crippen LogP contribution in [0.25, 0.3) is 10.1 Å². The Bertz CT molecular complexity index is 728. The Balaban J connectivity index is 1.82. The van der Waals surface area contributed by atoms with E-state index in [2.05, 4.69) is 59.6 Å². The van der Waals surface area contributed by atoms with Crippen molar-refractivity contribution in [2.24, 2.45) is 5.92 Å². The molecule has 1 aromatic carbocycles. The molecule has 0 amide bonds. The fourth-order valence-corrected chi connectivity index (χ4v) is 6.12. The molecule has 1 aliphatic carbocycles. The van der Waals surface area contributed by atoms with Gasteiger partial charge in [0.2, 0.25) is 0 Å². The zero-order valence-corrected chi connectivity index (χ0v) is 12.6. The maximum absolute atomic E-state index is 2.75. The molecule has 102 valence electrons. The summed E-state index contributed by atoms with van der Waals surface area (Å²) >= 11 is 2.06. The van der Waals surface area contributed by atoms with Gasteiger partial charge in [-0.2, -0.15) is 0 Å². The van der Waals surface area contributed by atoms with E-state index in [1.807, 2.05) is 0 Å². The molecule has 1 unspecified atom stereocenters. The molecule has 1 saturated heterocycles. The van der Waals surface area contributed by atoms with Crippen LogP contribution in [0.5, 0.6) is 0 Å². The molecule has 2 heteroatoms. The summed E-state index contributed by atoms with van der Waals surface area (Å²) in [5.74, 6) is 0.740. The SMILES string of the molecule is C[C@@H]1C=C[C@]23CCN(Cc4c2sc2ccccc42)[C@H]3C1. The lowest BCUT2D eigenvalue weighted by molar-refractivity contribution is 0.171. The Morgan fingerprint density at radius 2 is 2.20 bits per heavy atom. The normalized spacial score (nSPS) is 38.0. The van der Waals surface area contributed by atoms with Gasteiger partial charge >= 0.3 is 0 Å². The summed E-state index contributed by atoms with van der Waals surface area (Å²) in [6.45, 7) is 4.81. The van der Waals surface area contributed by atoms with Gasteiger partial charge in [-0.05, 0) is 35.8 Å². The maximum atomic E-state index is 2.75. The molecule has 2 aromatic rings. The Labute approximate surface area is 123 Å². The Morgan fingerprint density at radius 3 is 3.15 bits per heavy atom. The third-order valence-electron chi connectivity index (χ3n) is 5.65. The first-order chi connectivity index (χ1) is 9.78. The fraction of sp³-hybridized carbons (Fsp3) is 0.444. The number of nitrogens with zero attached hydrogens (tertiary/aromatic N) is 1. The minimum Gasteiger partial charge on any atom is -0.295 e. The molecule has 4 atom stereocenters. The van der Waals surface area contributed by atoms with E-state index in [0.717, 1.165) is 12.0 Å². The number of rotatable bonds is 0. The van der Waals surface area contributed by atoms with Gasteiger partial charge in [0.25, 0.3) is 0 Å². The van der Waals surface area contributed by atoms with Crippen molar-refractivity contribution in [2.45, 2.75) is 37.8 Å². The summed E-state index contributed by atoms with van der Waals surface area (Å²) in [5, 5.41) is 1.50. The third-order valence-corrected chi connectivity index (χ3v) is 7.05. The fourth-order valence-electron chi connectivity index (χ4n) is 4.66. The van der Waals surface area contributed by atoms with E-state index in [9.17, 15) is 0 Å². The van der Waals surface area contributed by atoms with Crippen molar-refractivity contribution in [3.05, 3.63) is 46.9 Å². The predicted molar refractivity (Wildman–Crippen MR) is 85.2 cm³/mol. The number of thiophene rings is 1. The first-order valence-electron chi connectivity index (χ1n) is 7.72. The van der Waals surface area contributed by atoms with Gasteiger partial charge in [0.15, 0.2) is 0 Å². The minimum atomic E-state index is 0.337. The van der Waals surface area contributed by atoms with Crippen molar-refractivity contribution in [1.82, 2.24) is 4.90 Å². The first-order valence-corrected chi connectivity index (χ1v) is 8.54. The van der Waals surface area contributed by atoms with Crippen LogP contribution < -0.4 is 0 Å². The van der Waals surface area contributed by atoms with Crippen LogP contribution in [0.2, 0.25) is 0 Å². The van der Waals surface area contributed by atoms with E-state index in [1.165, 1.54) is 36.0 Å². The first kappa shape index (κ1) is 11.5. The highest BCUT2D eigenvalue weighted by molar-refractivity contribution is 7.19. The average molecular weight is 281 g/mol. The molecule has 2 aliphatic heterocycles. The van der Waals surface area contributed by atoms with Crippen molar-refractivity contribution >= 4 is 21.4 Å². The van der Waals surface area contributed by atoms with E-state index in [-0.39, 0.29) is 0 Å². The molecule has 3 aliphatic rings. The summed E-state index contributed by atoms with van der Waals surface area (Å²) in [4.78, 5) is 4.43. The van der Waals surface area contributed by atoms with Crippen LogP contribution in [0.3, 0.4) is 0 Å². The van der Waals surface area contributed by atoms with Crippen LogP contribution in [0.1, 0.15) is 30.2 Å². The minimum absolute atomic E-state index is 0.337. The van der Waals surface area contributed by atoms with E-state index in [1.54, 1.807) is 10.4 Å². The van der Waals surface area contributed by atoms with Crippen molar-refractivity contribution in [1.29, 1.82) is 0 Å². The second-order valence-corrected chi connectivity index (χ2v) is 7.81. The molecule has 2 bridgehead atoms. The Kier molecular flexibility index (Phi) is 2.16. The van der Waals surface area contributed by atoms with Gasteiger partial charge in [-0.15, -0.1) is 11.3 Å². The van der Waals surface area contributed by atoms with Crippen molar-refractivity contribution < 1.29 is 0 Å². The van der Waals surface area contributed by atoms with Gasteiger partial charge in [0.05, 0.1) is 0 Å². The Morgan fingerprint density at radius 1 is 1.30 bits per heavy atom. The molecule has 0 saturated carbocycles. The number of allylic oxidation sites excluding steroid dienone is 1. The molecule has 1 nitrogen and oxygen atoms in total. The van der Waals surface area contributed by atoms with Gasteiger partial charge < -0.3 is 0 Å². The van der Waals surface area contributed by atoms with Crippen LogP contribution in [0.4, 0.5) is 0 Å². The second kappa shape index (κ2) is 3.75. The monoisotopic (exact) mass is 281 g/mol. The summed E-state index contributed by atoms with van der Waals surface area (Å²) in [5.41, 5.74) is 1.96. The largest absolute Gasteiger partial charge is 0.295 e. The molecule has 0 spiro atoms. The van der Waals surface area contributed by atoms with Gasteiger partial charge in [0, 0.05) is 34.1 Å². The van der Waals surface area contributed by atoms with Gasteiger partial charge in [-0.3, -0.25) is 4.90 Å². The Hall–Kier alpha value is -1.12. The average Bonchev–Trinajstić information content (AvgIpc) is 2.97. The highest BCUT2D eigenvalue weighted by Gasteiger charge is 2.53. The highest BCUT2D eigenvalue weighted by atomic mass is 32.1. The molecule has 0 radical (unpaired) electrons. The molecular weight excluding hydrogens is 262 g/mol. The molecule has 3 heterocycles. The number of fused-ring (bicyclic) bond motifs is 3. The topological polar surface area (TPSA) is 3.24 Å². The lowest BCUT2D eigenvalue weighted by Gasteiger charge is -2.44.